The first kappa shape index (κ1) is 17.5. The van der Waals surface area contributed by atoms with Crippen molar-refractivity contribution < 1.29 is 9.59 Å². The average molecular weight is 341 g/mol. The van der Waals surface area contributed by atoms with Crippen molar-refractivity contribution in [1.29, 1.82) is 0 Å². The number of nitrogens with one attached hydrogen (secondary N) is 3. The molecular weight excluding hydrogens is 314 g/mol. The van der Waals surface area contributed by atoms with Gasteiger partial charge in [-0.05, 0) is 36.8 Å². The molecule has 1 aromatic heterocycles. The van der Waals surface area contributed by atoms with E-state index in [1.165, 1.54) is 10.9 Å². The maximum atomic E-state index is 12.2. The lowest BCUT2D eigenvalue weighted by Crippen LogP contribution is -2.31. The number of benzene rings is 1. The van der Waals surface area contributed by atoms with Gasteiger partial charge in [0.1, 0.15) is 0 Å². The maximum absolute atomic E-state index is 12.2. The molecule has 1 fully saturated rings. The Labute approximate surface area is 148 Å². The highest BCUT2D eigenvalue weighted by atomic mass is 16.2. The van der Waals surface area contributed by atoms with Gasteiger partial charge in [-0.1, -0.05) is 32.0 Å². The molecule has 0 spiro atoms. The fourth-order valence-corrected chi connectivity index (χ4v) is 3.18. The minimum atomic E-state index is -0.151. The molecule has 25 heavy (non-hydrogen) atoms. The third-order valence-electron chi connectivity index (χ3n) is 4.85. The molecule has 1 aromatic carbocycles. The van der Waals surface area contributed by atoms with E-state index in [1.807, 2.05) is 24.4 Å². The summed E-state index contributed by atoms with van der Waals surface area (Å²) in [6.07, 6.45) is 4.43. The summed E-state index contributed by atoms with van der Waals surface area (Å²) in [5, 5.41) is 7.11. The summed E-state index contributed by atoms with van der Waals surface area (Å²) < 4.78 is 0. The van der Waals surface area contributed by atoms with Gasteiger partial charge in [-0.2, -0.15) is 0 Å². The summed E-state index contributed by atoms with van der Waals surface area (Å²) in [4.78, 5) is 27.5. The Hall–Kier alpha value is -2.30. The molecule has 5 nitrogen and oxygen atoms in total. The lowest BCUT2D eigenvalue weighted by molar-refractivity contribution is -0.127. The Morgan fingerprint density at radius 1 is 1.12 bits per heavy atom. The van der Waals surface area contributed by atoms with Crippen LogP contribution in [-0.4, -0.2) is 29.9 Å². The third-order valence-corrected chi connectivity index (χ3v) is 4.85. The predicted molar refractivity (Wildman–Crippen MR) is 99.1 cm³/mol. The molecular formula is C20H27N3O2. The second-order valence-electron chi connectivity index (χ2n) is 7.32. The molecule has 1 saturated carbocycles. The number of carbonyl (C=O) groups excluding carboxylic acids is 2. The van der Waals surface area contributed by atoms with Crippen molar-refractivity contribution in [3.63, 3.8) is 0 Å². The molecule has 134 valence electrons. The lowest BCUT2D eigenvalue weighted by atomic mass is 10.1. The zero-order valence-electron chi connectivity index (χ0n) is 15.0. The molecule has 2 unspecified atom stereocenters. The first-order chi connectivity index (χ1) is 12.1. The van der Waals surface area contributed by atoms with Crippen LogP contribution in [-0.2, 0) is 16.0 Å². The molecule has 3 rings (SSSR count). The van der Waals surface area contributed by atoms with E-state index in [4.69, 9.17) is 0 Å². The second-order valence-corrected chi connectivity index (χ2v) is 7.32. The van der Waals surface area contributed by atoms with Crippen LogP contribution >= 0.6 is 0 Å². The molecule has 2 atom stereocenters. The Morgan fingerprint density at radius 2 is 1.80 bits per heavy atom. The molecule has 0 bridgehead atoms. The molecule has 0 saturated heterocycles. The zero-order chi connectivity index (χ0) is 17.8. The van der Waals surface area contributed by atoms with Crippen LogP contribution in [0.3, 0.4) is 0 Å². The van der Waals surface area contributed by atoms with E-state index in [2.05, 4.69) is 35.5 Å². The van der Waals surface area contributed by atoms with Crippen LogP contribution in [0.4, 0.5) is 0 Å². The van der Waals surface area contributed by atoms with Gasteiger partial charge < -0.3 is 15.6 Å². The number of rotatable bonds is 8. The first-order valence-electron chi connectivity index (χ1n) is 9.16. The van der Waals surface area contributed by atoms with Gasteiger partial charge in [0.05, 0.1) is 11.8 Å². The largest absolute Gasteiger partial charge is 0.361 e. The van der Waals surface area contributed by atoms with Crippen LogP contribution in [0.1, 0.15) is 32.3 Å². The smallest absolute Gasteiger partial charge is 0.223 e. The van der Waals surface area contributed by atoms with Crippen molar-refractivity contribution in [2.24, 2.45) is 17.8 Å². The SMILES string of the molecule is CC(C)CCNC(=O)C1CC1C(=O)NCCc1c[nH]c2ccccc12. The highest BCUT2D eigenvalue weighted by Gasteiger charge is 2.47. The number of H-pyrrole nitrogens is 1. The van der Waals surface area contributed by atoms with Gasteiger partial charge >= 0.3 is 0 Å². The molecule has 0 aliphatic heterocycles. The number of aromatic nitrogens is 1. The van der Waals surface area contributed by atoms with Crippen molar-refractivity contribution in [3.8, 4) is 0 Å². The fraction of sp³-hybridized carbons (Fsp3) is 0.500. The zero-order valence-corrected chi connectivity index (χ0v) is 15.0. The van der Waals surface area contributed by atoms with Crippen LogP contribution in [0.25, 0.3) is 10.9 Å². The van der Waals surface area contributed by atoms with E-state index in [1.54, 1.807) is 0 Å². The molecule has 0 radical (unpaired) electrons. The number of hydrogen-bond acceptors (Lipinski definition) is 2. The summed E-state index contributed by atoms with van der Waals surface area (Å²) in [5.41, 5.74) is 2.32. The molecule has 1 aliphatic carbocycles. The number of aromatic amines is 1. The summed E-state index contributed by atoms with van der Waals surface area (Å²) in [6, 6.07) is 8.15. The number of amides is 2. The van der Waals surface area contributed by atoms with E-state index >= 15 is 0 Å². The third kappa shape index (κ3) is 4.41. The second kappa shape index (κ2) is 7.72. The van der Waals surface area contributed by atoms with Crippen LogP contribution in [0, 0.1) is 17.8 Å². The minimum absolute atomic E-state index is 0.00357. The Morgan fingerprint density at radius 3 is 2.52 bits per heavy atom. The van der Waals surface area contributed by atoms with Crippen LogP contribution in [0.5, 0.6) is 0 Å². The number of hydrogen-bond donors (Lipinski definition) is 3. The Kier molecular flexibility index (Phi) is 5.41. The van der Waals surface area contributed by atoms with Gasteiger partial charge in [0.25, 0.3) is 0 Å². The maximum Gasteiger partial charge on any atom is 0.223 e. The minimum Gasteiger partial charge on any atom is -0.361 e. The number of para-hydroxylation sites is 1. The van der Waals surface area contributed by atoms with Crippen molar-refractivity contribution in [3.05, 3.63) is 36.0 Å². The van der Waals surface area contributed by atoms with Gasteiger partial charge in [0, 0.05) is 30.2 Å². The van der Waals surface area contributed by atoms with E-state index < -0.39 is 0 Å². The molecule has 5 heteroatoms. The van der Waals surface area contributed by atoms with Crippen molar-refractivity contribution in [2.45, 2.75) is 33.1 Å². The van der Waals surface area contributed by atoms with Gasteiger partial charge in [0.15, 0.2) is 0 Å². The van der Waals surface area contributed by atoms with Crippen LogP contribution < -0.4 is 10.6 Å². The van der Waals surface area contributed by atoms with Crippen molar-refractivity contribution in [1.82, 2.24) is 15.6 Å². The number of fused-ring (bicyclic) bond motifs is 1. The van der Waals surface area contributed by atoms with Crippen molar-refractivity contribution in [2.75, 3.05) is 13.1 Å². The van der Waals surface area contributed by atoms with E-state index in [-0.39, 0.29) is 23.7 Å². The quantitative estimate of drug-likeness (QED) is 0.690. The number of carbonyl (C=O) groups is 2. The van der Waals surface area contributed by atoms with E-state index in [0.717, 1.165) is 18.4 Å². The van der Waals surface area contributed by atoms with Gasteiger partial charge in [-0.25, -0.2) is 0 Å². The first-order valence-corrected chi connectivity index (χ1v) is 9.16. The summed E-state index contributed by atoms with van der Waals surface area (Å²) >= 11 is 0. The van der Waals surface area contributed by atoms with Crippen LogP contribution in [0.2, 0.25) is 0 Å². The summed E-state index contributed by atoms with van der Waals surface area (Å²) in [7, 11) is 0. The lowest BCUT2D eigenvalue weighted by Gasteiger charge is -2.07. The van der Waals surface area contributed by atoms with Gasteiger partial charge in [-0.3, -0.25) is 9.59 Å². The van der Waals surface area contributed by atoms with Crippen molar-refractivity contribution >= 4 is 22.7 Å². The van der Waals surface area contributed by atoms with Gasteiger partial charge in [-0.15, -0.1) is 0 Å². The summed E-state index contributed by atoms with van der Waals surface area (Å²) in [5.74, 6) is 0.312. The highest BCUT2D eigenvalue weighted by molar-refractivity contribution is 5.92. The standard InChI is InChI=1S/C20H27N3O2/c1-13(2)7-9-21-19(24)16-11-17(16)20(25)22-10-8-14-12-23-18-6-4-3-5-15(14)18/h3-6,12-13,16-17,23H,7-11H2,1-2H3,(H,21,24)(H,22,25). The summed E-state index contributed by atoms with van der Waals surface area (Å²) in [6.45, 7) is 5.56. The molecule has 2 amide bonds. The Balaban J connectivity index is 1.40. The molecule has 1 heterocycles. The van der Waals surface area contributed by atoms with Gasteiger partial charge in [0.2, 0.25) is 11.8 Å². The van der Waals surface area contributed by atoms with E-state index in [0.29, 0.717) is 25.4 Å². The van der Waals surface area contributed by atoms with Crippen LogP contribution in [0.15, 0.2) is 30.5 Å². The monoisotopic (exact) mass is 341 g/mol. The molecule has 3 N–H and O–H groups in total. The topological polar surface area (TPSA) is 74.0 Å². The average Bonchev–Trinajstić information content (AvgIpc) is 3.30. The predicted octanol–water partition coefficient (Wildman–Crippen LogP) is 2.62. The fourth-order valence-electron chi connectivity index (χ4n) is 3.18. The normalized spacial score (nSPS) is 19.2. The molecule has 1 aliphatic rings. The molecule has 2 aromatic rings. The van der Waals surface area contributed by atoms with E-state index in [9.17, 15) is 9.59 Å². The highest BCUT2D eigenvalue weighted by Crippen LogP contribution is 2.38. The Bertz CT molecular complexity index is 750.